The quantitative estimate of drug-likeness (QED) is 0.258. The molecule has 0 aliphatic rings. The predicted molar refractivity (Wildman–Crippen MR) is 117 cm³/mol. The summed E-state index contributed by atoms with van der Waals surface area (Å²) in [7, 11) is 0. The van der Waals surface area contributed by atoms with E-state index >= 15 is 0 Å². The van der Waals surface area contributed by atoms with Gasteiger partial charge in [0.15, 0.2) is 0 Å². The van der Waals surface area contributed by atoms with Gasteiger partial charge in [0.05, 0.1) is 0 Å². The molecule has 0 aromatic carbocycles. The zero-order chi connectivity index (χ0) is 20.2. The summed E-state index contributed by atoms with van der Waals surface area (Å²) >= 11 is 14.6. The average molecular weight is 643 g/mol. The van der Waals surface area contributed by atoms with E-state index < -0.39 is 26.4 Å². The molecule has 0 aliphatic heterocycles. The number of pyridine rings is 2. The summed E-state index contributed by atoms with van der Waals surface area (Å²) in [5.74, 6) is -0.876. The Bertz CT molecular complexity index is 913. The van der Waals surface area contributed by atoms with Gasteiger partial charge in [0.1, 0.15) is 0 Å². The van der Waals surface area contributed by atoms with Crippen LogP contribution in [0.4, 0.5) is 0 Å². The Hall–Kier alpha value is -0.561. The molecule has 0 fully saturated rings. The van der Waals surface area contributed by atoms with E-state index in [4.69, 9.17) is 33.9 Å². The molecular weight excluding hydrogens is 627 g/mol. The molecule has 0 saturated carbocycles. The Balaban J connectivity index is 2.59. The number of nitrogens with zero attached hydrogens (tertiary/aromatic N) is 2. The first-order chi connectivity index (χ1) is 12.7. The van der Waals surface area contributed by atoms with Crippen molar-refractivity contribution >= 4 is 76.3 Å². The Labute approximate surface area is 183 Å². The molecule has 2 rings (SSSR count). The fourth-order valence-electron chi connectivity index (χ4n) is 2.18. The molecule has 27 heavy (non-hydrogen) atoms. The van der Waals surface area contributed by atoms with Gasteiger partial charge in [-0.3, -0.25) is 0 Å². The molecular formula is C16H16Br2N2O4S2Sn. The molecule has 0 radical (unpaired) electrons. The third kappa shape index (κ3) is 5.28. The summed E-state index contributed by atoms with van der Waals surface area (Å²) in [6.45, 7) is 4.04. The van der Waals surface area contributed by atoms with Crippen LogP contribution in [0.15, 0.2) is 36.7 Å². The SMILES string of the molecule is CCOC(=O)c1ccc(=S)[n]([Sn]([Br])([Br])[n]2cc(C(=O)OCC)ccc2=S)c1. The Morgan fingerprint density at radius 1 is 0.889 bits per heavy atom. The van der Waals surface area contributed by atoms with Crippen molar-refractivity contribution in [2.75, 3.05) is 13.2 Å². The molecule has 2 aromatic heterocycles. The van der Waals surface area contributed by atoms with Crippen molar-refractivity contribution < 1.29 is 19.1 Å². The first kappa shape index (κ1) is 22.7. The van der Waals surface area contributed by atoms with Gasteiger partial charge in [-0.2, -0.15) is 0 Å². The molecule has 0 spiro atoms. The summed E-state index contributed by atoms with van der Waals surface area (Å²) in [4.78, 5) is 24.2. The van der Waals surface area contributed by atoms with Crippen molar-refractivity contribution in [1.29, 1.82) is 0 Å². The molecule has 0 saturated heterocycles. The number of ether oxygens (including phenoxy) is 2. The van der Waals surface area contributed by atoms with E-state index in [1.165, 1.54) is 0 Å². The fourth-order valence-corrected chi connectivity index (χ4v) is 19.5. The van der Waals surface area contributed by atoms with E-state index in [2.05, 4.69) is 25.4 Å². The molecule has 144 valence electrons. The van der Waals surface area contributed by atoms with Crippen LogP contribution in [0.3, 0.4) is 0 Å². The van der Waals surface area contributed by atoms with Gasteiger partial charge in [-0.05, 0) is 0 Å². The molecule has 2 aromatic rings. The number of aromatic nitrogens is 2. The Morgan fingerprint density at radius 2 is 1.26 bits per heavy atom. The summed E-state index contributed by atoms with van der Waals surface area (Å²) in [6, 6.07) is 6.56. The van der Waals surface area contributed by atoms with Crippen LogP contribution in [0.5, 0.6) is 0 Å². The fraction of sp³-hybridized carbons (Fsp3) is 0.250. The van der Waals surface area contributed by atoms with Crippen LogP contribution >= 0.6 is 49.8 Å². The second kappa shape index (κ2) is 9.77. The minimum atomic E-state index is -3.81. The van der Waals surface area contributed by atoms with Crippen molar-refractivity contribution in [2.45, 2.75) is 13.8 Å². The molecule has 0 N–H and O–H groups in total. The van der Waals surface area contributed by atoms with Crippen LogP contribution in [0.25, 0.3) is 0 Å². The van der Waals surface area contributed by atoms with Gasteiger partial charge in [-0.25, -0.2) is 0 Å². The number of hydrogen-bond acceptors (Lipinski definition) is 6. The van der Waals surface area contributed by atoms with E-state index in [9.17, 15) is 9.59 Å². The maximum absolute atomic E-state index is 12.1. The monoisotopic (exact) mass is 642 g/mol. The molecule has 11 heteroatoms. The minimum absolute atomic E-state index is 0.276. The van der Waals surface area contributed by atoms with Gasteiger partial charge < -0.3 is 0 Å². The van der Waals surface area contributed by atoms with Crippen molar-refractivity contribution in [2.24, 2.45) is 0 Å². The van der Waals surface area contributed by atoms with E-state index in [0.29, 0.717) is 20.4 Å². The van der Waals surface area contributed by atoms with Gasteiger partial charge in [0, 0.05) is 0 Å². The van der Waals surface area contributed by atoms with E-state index in [1.54, 1.807) is 56.1 Å². The average Bonchev–Trinajstić information content (AvgIpc) is 2.62. The molecule has 0 amide bonds. The predicted octanol–water partition coefficient (Wildman–Crippen LogP) is 4.72. The van der Waals surface area contributed by atoms with Gasteiger partial charge in [-0.1, -0.05) is 0 Å². The number of rotatable bonds is 6. The number of carbonyl (C=O) groups is 2. The van der Waals surface area contributed by atoms with Crippen LogP contribution in [0.2, 0.25) is 0 Å². The summed E-state index contributed by atoms with van der Waals surface area (Å²) in [6.07, 6.45) is 3.28. The maximum atomic E-state index is 12.1. The van der Waals surface area contributed by atoms with Crippen molar-refractivity contribution in [1.82, 2.24) is 5.58 Å². The van der Waals surface area contributed by atoms with E-state index in [1.807, 2.05) is 0 Å². The van der Waals surface area contributed by atoms with Crippen molar-refractivity contribution in [3.63, 3.8) is 0 Å². The normalized spacial score (nSPS) is 11.1. The van der Waals surface area contributed by atoms with Gasteiger partial charge >= 0.3 is 185 Å². The zero-order valence-electron chi connectivity index (χ0n) is 14.5. The third-order valence-electron chi connectivity index (χ3n) is 3.42. The Kier molecular flexibility index (Phi) is 8.22. The summed E-state index contributed by atoms with van der Waals surface area (Å²) in [5.41, 5.74) is 0.747. The number of carbonyl (C=O) groups excluding carboxylic acids is 2. The first-order valence-corrected chi connectivity index (χ1v) is 24.1. The van der Waals surface area contributed by atoms with Crippen LogP contribution < -0.4 is 0 Å². The second-order valence-corrected chi connectivity index (χ2v) is 33.7. The topological polar surface area (TPSA) is 62.5 Å². The first-order valence-electron chi connectivity index (χ1n) is 7.90. The van der Waals surface area contributed by atoms with E-state index in [0.717, 1.165) is 0 Å². The molecule has 0 unspecified atom stereocenters. The standard InChI is InChI=1S/2C8H9NO2S.2BrH.Sn/c2*1-2-11-8(10)6-3-4-7(12)9-5-6;;;/h2*3-5H,2H2,1H3,(H,9,10,12);2*1H;/q;;;;+4/p-4. The van der Waals surface area contributed by atoms with Crippen molar-refractivity contribution in [3.05, 3.63) is 57.1 Å². The van der Waals surface area contributed by atoms with Crippen LogP contribution in [-0.4, -0.2) is 45.2 Å². The molecule has 0 aliphatic carbocycles. The van der Waals surface area contributed by atoms with E-state index in [-0.39, 0.29) is 13.2 Å². The van der Waals surface area contributed by atoms with Gasteiger partial charge in [0.25, 0.3) is 0 Å². The van der Waals surface area contributed by atoms with Crippen LogP contribution in [0, 0.1) is 9.28 Å². The number of esters is 2. The summed E-state index contributed by atoms with van der Waals surface area (Å²) < 4.78 is 14.7. The molecule has 6 nitrogen and oxygen atoms in total. The molecule has 0 atom stereocenters. The molecule has 2 heterocycles. The van der Waals surface area contributed by atoms with Crippen LogP contribution in [-0.2, 0) is 9.47 Å². The van der Waals surface area contributed by atoms with Gasteiger partial charge in [-0.15, -0.1) is 0 Å². The third-order valence-corrected chi connectivity index (χ3v) is 20.7. The zero-order valence-corrected chi connectivity index (χ0v) is 22.1. The van der Waals surface area contributed by atoms with Gasteiger partial charge in [0.2, 0.25) is 0 Å². The number of hydrogen-bond donors (Lipinski definition) is 0. The molecule has 0 bridgehead atoms. The Morgan fingerprint density at radius 3 is 1.59 bits per heavy atom. The second-order valence-electron chi connectivity index (χ2n) is 5.20. The number of halogens is 2. The summed E-state index contributed by atoms with van der Waals surface area (Å²) in [5, 5.41) is 0. The van der Waals surface area contributed by atoms with Crippen LogP contribution in [0.1, 0.15) is 34.6 Å². The van der Waals surface area contributed by atoms with Crippen molar-refractivity contribution in [3.8, 4) is 0 Å².